The van der Waals surface area contributed by atoms with E-state index in [2.05, 4.69) is 21.2 Å². The number of carbonyl (C=O) groups excluding carboxylic acids is 1. The maximum Gasteiger partial charge on any atom is 0.241 e. The van der Waals surface area contributed by atoms with E-state index in [0.717, 1.165) is 6.42 Å². The van der Waals surface area contributed by atoms with Crippen molar-refractivity contribution in [2.45, 2.75) is 25.8 Å². The summed E-state index contributed by atoms with van der Waals surface area (Å²) in [6.45, 7) is 1.94. The highest BCUT2D eigenvalue weighted by molar-refractivity contribution is 9.10. The molecule has 0 radical (unpaired) electrons. The van der Waals surface area contributed by atoms with Gasteiger partial charge in [0, 0.05) is 4.47 Å². The first-order chi connectivity index (χ1) is 7.54. The first kappa shape index (κ1) is 13.1. The van der Waals surface area contributed by atoms with E-state index >= 15 is 0 Å². The molecule has 0 aliphatic heterocycles. The fourth-order valence-corrected chi connectivity index (χ4v) is 1.59. The summed E-state index contributed by atoms with van der Waals surface area (Å²) in [4.78, 5) is 11.5. The number of amides is 1. The molecule has 1 rings (SSSR count). The van der Waals surface area contributed by atoms with Crippen LogP contribution in [0.25, 0.3) is 0 Å². The van der Waals surface area contributed by atoms with E-state index in [1.165, 1.54) is 12.1 Å². The predicted molar refractivity (Wildman–Crippen MR) is 65.6 cm³/mol. The average Bonchev–Trinajstić information content (AvgIpc) is 2.22. The Morgan fingerprint density at radius 1 is 1.62 bits per heavy atom. The van der Waals surface area contributed by atoms with Crippen molar-refractivity contribution >= 4 is 27.5 Å². The van der Waals surface area contributed by atoms with Crippen molar-refractivity contribution in [1.29, 1.82) is 0 Å². The van der Waals surface area contributed by atoms with E-state index in [0.29, 0.717) is 10.9 Å². The molecule has 16 heavy (non-hydrogen) atoms. The van der Waals surface area contributed by atoms with Crippen molar-refractivity contribution in [3.05, 3.63) is 28.5 Å². The molecule has 0 aliphatic carbocycles. The third kappa shape index (κ3) is 3.57. The lowest BCUT2D eigenvalue weighted by Gasteiger charge is -2.11. The van der Waals surface area contributed by atoms with E-state index in [1.807, 2.05) is 6.92 Å². The predicted octanol–water partition coefficient (Wildman–Crippen LogP) is 2.65. The van der Waals surface area contributed by atoms with Gasteiger partial charge in [0.1, 0.15) is 5.82 Å². The van der Waals surface area contributed by atoms with E-state index in [-0.39, 0.29) is 11.6 Å². The monoisotopic (exact) mass is 288 g/mol. The molecule has 0 saturated carbocycles. The molecular formula is C11H14BrFN2O. The summed E-state index contributed by atoms with van der Waals surface area (Å²) in [5.41, 5.74) is 5.76. The zero-order valence-corrected chi connectivity index (χ0v) is 10.6. The highest BCUT2D eigenvalue weighted by Crippen LogP contribution is 2.19. The minimum atomic E-state index is -0.590. The molecule has 3 nitrogen and oxygen atoms in total. The van der Waals surface area contributed by atoms with Crippen LogP contribution in [0, 0.1) is 5.82 Å². The first-order valence-electron chi connectivity index (χ1n) is 5.06. The molecule has 5 heteroatoms. The fourth-order valence-electron chi connectivity index (χ4n) is 1.26. The highest BCUT2D eigenvalue weighted by atomic mass is 79.9. The van der Waals surface area contributed by atoms with Gasteiger partial charge in [-0.25, -0.2) is 4.39 Å². The molecule has 0 heterocycles. The van der Waals surface area contributed by atoms with Gasteiger partial charge in [0.2, 0.25) is 5.91 Å². The van der Waals surface area contributed by atoms with E-state index in [4.69, 9.17) is 5.73 Å². The normalized spacial score (nSPS) is 12.2. The molecule has 0 saturated heterocycles. The van der Waals surface area contributed by atoms with Gasteiger partial charge in [0.05, 0.1) is 11.7 Å². The van der Waals surface area contributed by atoms with Gasteiger partial charge in [-0.2, -0.15) is 0 Å². The van der Waals surface area contributed by atoms with Crippen LogP contribution in [0.2, 0.25) is 0 Å². The number of nitrogens with two attached hydrogens (primary N) is 1. The molecule has 1 amide bonds. The molecule has 1 aromatic carbocycles. The largest absolute Gasteiger partial charge is 0.322 e. The quantitative estimate of drug-likeness (QED) is 0.895. The molecule has 0 bridgehead atoms. The first-order valence-corrected chi connectivity index (χ1v) is 5.85. The SMILES string of the molecule is CCC[C@H](N)C(=O)Nc1ccc(Br)cc1F. The second kappa shape index (κ2) is 5.96. The molecule has 1 aromatic rings. The van der Waals surface area contributed by atoms with Crippen LogP contribution in [-0.4, -0.2) is 11.9 Å². The topological polar surface area (TPSA) is 55.1 Å². The van der Waals surface area contributed by atoms with Gasteiger partial charge in [-0.15, -0.1) is 0 Å². The van der Waals surface area contributed by atoms with Crippen LogP contribution in [-0.2, 0) is 4.79 Å². The smallest absolute Gasteiger partial charge is 0.241 e. The summed E-state index contributed by atoms with van der Waals surface area (Å²) in [6.07, 6.45) is 1.40. The van der Waals surface area contributed by atoms with Gasteiger partial charge >= 0.3 is 0 Å². The van der Waals surface area contributed by atoms with Crippen LogP contribution in [0.15, 0.2) is 22.7 Å². The summed E-state index contributed by atoms with van der Waals surface area (Å²) in [7, 11) is 0. The van der Waals surface area contributed by atoms with Crippen molar-refractivity contribution in [3.63, 3.8) is 0 Å². The van der Waals surface area contributed by atoms with Gasteiger partial charge < -0.3 is 11.1 Å². The van der Waals surface area contributed by atoms with Crippen LogP contribution in [0.3, 0.4) is 0 Å². The van der Waals surface area contributed by atoms with Crippen molar-refractivity contribution in [3.8, 4) is 0 Å². The number of hydrogen-bond acceptors (Lipinski definition) is 2. The van der Waals surface area contributed by atoms with Crippen LogP contribution in [0.5, 0.6) is 0 Å². The number of anilines is 1. The second-order valence-corrected chi connectivity index (χ2v) is 4.42. The summed E-state index contributed by atoms with van der Waals surface area (Å²) in [5.74, 6) is -0.838. The molecular weight excluding hydrogens is 275 g/mol. The zero-order chi connectivity index (χ0) is 12.1. The lowest BCUT2D eigenvalue weighted by Crippen LogP contribution is -2.35. The Morgan fingerprint density at radius 3 is 2.88 bits per heavy atom. The Kier molecular flexibility index (Phi) is 4.89. The van der Waals surface area contributed by atoms with Crippen LogP contribution in [0.4, 0.5) is 10.1 Å². The molecule has 0 aromatic heterocycles. The van der Waals surface area contributed by atoms with Crippen LogP contribution < -0.4 is 11.1 Å². The summed E-state index contributed by atoms with van der Waals surface area (Å²) < 4.78 is 14.0. The van der Waals surface area contributed by atoms with Crippen molar-refractivity contribution in [2.75, 3.05) is 5.32 Å². The summed E-state index contributed by atoms with van der Waals surface area (Å²) >= 11 is 3.14. The van der Waals surface area contributed by atoms with Crippen molar-refractivity contribution in [2.24, 2.45) is 5.73 Å². The fraction of sp³-hybridized carbons (Fsp3) is 0.364. The number of carbonyl (C=O) groups is 1. The van der Waals surface area contributed by atoms with Crippen LogP contribution >= 0.6 is 15.9 Å². The third-order valence-corrected chi connectivity index (χ3v) is 2.62. The summed E-state index contributed by atoms with van der Waals surface area (Å²) in [6, 6.07) is 3.86. The Hall–Kier alpha value is -0.940. The van der Waals surface area contributed by atoms with Crippen molar-refractivity contribution in [1.82, 2.24) is 0 Å². The standard InChI is InChI=1S/C11H14BrFN2O/c1-2-3-9(14)11(16)15-10-5-4-7(12)6-8(10)13/h4-6,9H,2-3,14H2,1H3,(H,15,16)/t9-/m0/s1. The van der Waals surface area contributed by atoms with Gasteiger partial charge in [-0.05, 0) is 24.6 Å². The Balaban J connectivity index is 2.69. The molecule has 0 unspecified atom stereocenters. The zero-order valence-electron chi connectivity index (χ0n) is 8.97. The molecule has 1 atom stereocenters. The summed E-state index contributed by atoms with van der Waals surface area (Å²) in [5, 5.41) is 2.46. The Labute approximate surface area is 102 Å². The molecule has 0 aliphatic rings. The van der Waals surface area contributed by atoms with Gasteiger partial charge in [0.15, 0.2) is 0 Å². The maximum atomic E-state index is 13.4. The number of nitrogens with one attached hydrogen (secondary N) is 1. The van der Waals surface area contributed by atoms with Gasteiger partial charge in [-0.3, -0.25) is 4.79 Å². The lowest BCUT2D eigenvalue weighted by molar-refractivity contribution is -0.117. The number of halogens is 2. The van der Waals surface area contributed by atoms with E-state index in [1.54, 1.807) is 6.07 Å². The minimum absolute atomic E-state index is 0.153. The third-order valence-electron chi connectivity index (χ3n) is 2.13. The molecule has 0 spiro atoms. The molecule has 88 valence electrons. The van der Waals surface area contributed by atoms with Crippen molar-refractivity contribution < 1.29 is 9.18 Å². The average molecular weight is 289 g/mol. The second-order valence-electron chi connectivity index (χ2n) is 3.51. The van der Waals surface area contributed by atoms with Gasteiger partial charge in [0.25, 0.3) is 0 Å². The van der Waals surface area contributed by atoms with E-state index < -0.39 is 11.9 Å². The van der Waals surface area contributed by atoms with Gasteiger partial charge in [-0.1, -0.05) is 29.3 Å². The Bertz CT molecular complexity index is 384. The molecule has 3 N–H and O–H groups in total. The molecule has 0 fully saturated rings. The maximum absolute atomic E-state index is 13.4. The highest BCUT2D eigenvalue weighted by Gasteiger charge is 2.14. The lowest BCUT2D eigenvalue weighted by atomic mass is 10.1. The van der Waals surface area contributed by atoms with E-state index in [9.17, 15) is 9.18 Å². The van der Waals surface area contributed by atoms with Crippen LogP contribution in [0.1, 0.15) is 19.8 Å². The number of hydrogen-bond donors (Lipinski definition) is 2. The minimum Gasteiger partial charge on any atom is -0.322 e. The number of rotatable bonds is 4. The number of benzene rings is 1. The Morgan fingerprint density at radius 2 is 2.31 bits per heavy atom.